The van der Waals surface area contributed by atoms with Crippen LogP contribution in [-0.4, -0.2) is 23.8 Å². The van der Waals surface area contributed by atoms with Crippen LogP contribution in [0.2, 0.25) is 0 Å². The van der Waals surface area contributed by atoms with E-state index in [9.17, 15) is 4.39 Å². The summed E-state index contributed by atoms with van der Waals surface area (Å²) in [5.41, 5.74) is 1.53. The Morgan fingerprint density at radius 3 is 2.89 bits per heavy atom. The maximum absolute atomic E-state index is 13.3. The molecule has 0 aliphatic heterocycles. The van der Waals surface area contributed by atoms with Gasteiger partial charge in [-0.25, -0.2) is 9.37 Å². The molecule has 0 saturated carbocycles. The van der Waals surface area contributed by atoms with Gasteiger partial charge in [0, 0.05) is 18.6 Å². The first-order valence-corrected chi connectivity index (χ1v) is 6.38. The lowest BCUT2D eigenvalue weighted by Crippen LogP contribution is -1.89. The Labute approximate surface area is 109 Å². The number of ether oxygens (including phenoxy) is 1. The predicted octanol–water partition coefficient (Wildman–Crippen LogP) is 2.80. The largest absolute Gasteiger partial charge is 0.496 e. The van der Waals surface area contributed by atoms with E-state index in [1.807, 2.05) is 6.92 Å². The third kappa shape index (κ3) is 2.52. The van der Waals surface area contributed by atoms with Crippen LogP contribution in [0.1, 0.15) is 10.7 Å². The fraction of sp³-hybridized carbons (Fsp3) is 0.308. The number of aryl methyl sites for hydroxylation is 1. The maximum atomic E-state index is 13.3. The lowest BCUT2D eigenvalue weighted by atomic mass is 10.1. The zero-order valence-electron chi connectivity index (χ0n) is 10.2. The number of aromatic nitrogens is 1. The van der Waals surface area contributed by atoms with Crippen LogP contribution >= 0.6 is 11.3 Å². The minimum Gasteiger partial charge on any atom is -0.496 e. The van der Waals surface area contributed by atoms with Gasteiger partial charge in [0.15, 0.2) is 0 Å². The van der Waals surface area contributed by atoms with Crippen molar-refractivity contribution in [2.45, 2.75) is 13.3 Å². The topological polar surface area (TPSA) is 42.4 Å². The van der Waals surface area contributed by atoms with Crippen LogP contribution in [0.25, 0.3) is 10.4 Å². The first kappa shape index (κ1) is 13.0. The fourth-order valence-corrected chi connectivity index (χ4v) is 2.84. The molecule has 1 heterocycles. The average molecular weight is 267 g/mol. The average Bonchev–Trinajstić information content (AvgIpc) is 2.70. The van der Waals surface area contributed by atoms with Crippen molar-refractivity contribution in [2.24, 2.45) is 0 Å². The number of nitrogens with zero attached hydrogens (tertiary/aromatic N) is 1. The lowest BCUT2D eigenvalue weighted by Gasteiger charge is -2.07. The van der Waals surface area contributed by atoms with E-state index in [1.54, 1.807) is 13.2 Å². The Hall–Kier alpha value is -1.46. The molecule has 0 bridgehead atoms. The number of benzene rings is 1. The molecule has 0 fully saturated rings. The molecule has 5 heteroatoms. The first-order valence-electron chi connectivity index (χ1n) is 5.56. The van der Waals surface area contributed by atoms with Gasteiger partial charge in [0.05, 0.1) is 22.7 Å². The number of thiazole rings is 1. The molecule has 1 aromatic carbocycles. The summed E-state index contributed by atoms with van der Waals surface area (Å²) in [5.74, 6) is 0.320. The highest BCUT2D eigenvalue weighted by Crippen LogP contribution is 2.36. The summed E-state index contributed by atoms with van der Waals surface area (Å²) in [4.78, 5) is 5.25. The summed E-state index contributed by atoms with van der Waals surface area (Å²) in [5, 5.41) is 9.76. The third-order valence-electron chi connectivity index (χ3n) is 2.57. The summed E-state index contributed by atoms with van der Waals surface area (Å²) in [6.45, 7) is 1.93. The van der Waals surface area contributed by atoms with Gasteiger partial charge in [0.25, 0.3) is 0 Å². The smallest absolute Gasteiger partial charge is 0.127 e. The van der Waals surface area contributed by atoms with E-state index < -0.39 is 0 Å². The van der Waals surface area contributed by atoms with E-state index in [0.717, 1.165) is 15.6 Å². The van der Waals surface area contributed by atoms with E-state index in [-0.39, 0.29) is 12.4 Å². The highest BCUT2D eigenvalue weighted by Gasteiger charge is 2.14. The SMILES string of the molecule is COc1ccc(F)cc1-c1sc(CCO)nc1C. The fourth-order valence-electron chi connectivity index (χ4n) is 1.76. The molecule has 1 aromatic heterocycles. The molecule has 3 nitrogen and oxygen atoms in total. The van der Waals surface area contributed by atoms with Crippen LogP contribution in [0.3, 0.4) is 0 Å². The molecule has 0 spiro atoms. The first-order chi connectivity index (χ1) is 8.65. The Kier molecular flexibility index (Phi) is 3.93. The van der Waals surface area contributed by atoms with E-state index in [4.69, 9.17) is 9.84 Å². The second-order valence-corrected chi connectivity index (χ2v) is 4.92. The number of halogens is 1. The molecular weight excluding hydrogens is 253 g/mol. The molecule has 0 radical (unpaired) electrons. The van der Waals surface area contributed by atoms with Gasteiger partial charge in [-0.3, -0.25) is 0 Å². The van der Waals surface area contributed by atoms with Crippen LogP contribution in [0.5, 0.6) is 5.75 Å². The van der Waals surface area contributed by atoms with Crippen LogP contribution in [0.4, 0.5) is 4.39 Å². The van der Waals surface area contributed by atoms with Gasteiger partial charge in [0.2, 0.25) is 0 Å². The van der Waals surface area contributed by atoms with Crippen LogP contribution in [-0.2, 0) is 6.42 Å². The lowest BCUT2D eigenvalue weighted by molar-refractivity contribution is 0.299. The number of rotatable bonds is 4. The van der Waals surface area contributed by atoms with Gasteiger partial charge < -0.3 is 9.84 Å². The summed E-state index contributed by atoms with van der Waals surface area (Å²) >= 11 is 1.46. The van der Waals surface area contributed by atoms with Crippen molar-refractivity contribution in [3.63, 3.8) is 0 Å². The molecule has 0 aliphatic rings. The standard InChI is InChI=1S/C13H14FNO2S/c1-8-13(18-12(15-8)5-6-16)10-7-9(14)3-4-11(10)17-2/h3-4,7,16H,5-6H2,1-2H3. The molecule has 1 N–H and O–H groups in total. The summed E-state index contributed by atoms with van der Waals surface area (Å²) < 4.78 is 18.6. The van der Waals surface area contributed by atoms with Crippen molar-refractivity contribution in [1.29, 1.82) is 0 Å². The Morgan fingerprint density at radius 1 is 1.44 bits per heavy atom. The van der Waals surface area contributed by atoms with Crippen LogP contribution in [0, 0.1) is 12.7 Å². The molecule has 0 unspecified atom stereocenters. The Morgan fingerprint density at radius 2 is 2.22 bits per heavy atom. The van der Waals surface area contributed by atoms with Gasteiger partial charge in [-0.05, 0) is 25.1 Å². The molecule has 0 atom stereocenters. The van der Waals surface area contributed by atoms with Gasteiger partial charge in [-0.2, -0.15) is 0 Å². The monoisotopic (exact) mass is 267 g/mol. The second-order valence-electron chi connectivity index (χ2n) is 3.84. The molecule has 0 aliphatic carbocycles. The highest BCUT2D eigenvalue weighted by molar-refractivity contribution is 7.15. The maximum Gasteiger partial charge on any atom is 0.127 e. The van der Waals surface area contributed by atoms with Crippen LogP contribution in [0.15, 0.2) is 18.2 Å². The van der Waals surface area contributed by atoms with Crippen molar-refractivity contribution in [2.75, 3.05) is 13.7 Å². The highest BCUT2D eigenvalue weighted by atomic mass is 32.1. The van der Waals surface area contributed by atoms with Gasteiger partial charge >= 0.3 is 0 Å². The van der Waals surface area contributed by atoms with Crippen molar-refractivity contribution < 1.29 is 14.2 Å². The molecule has 18 heavy (non-hydrogen) atoms. The van der Waals surface area contributed by atoms with E-state index >= 15 is 0 Å². The number of aliphatic hydroxyl groups excluding tert-OH is 1. The quantitative estimate of drug-likeness (QED) is 0.926. The molecule has 0 saturated heterocycles. The summed E-state index contributed by atoms with van der Waals surface area (Å²) in [6.07, 6.45) is 0.517. The van der Waals surface area contributed by atoms with E-state index in [2.05, 4.69) is 4.98 Å². The van der Waals surface area contributed by atoms with Gasteiger partial charge in [-0.1, -0.05) is 0 Å². The summed E-state index contributed by atoms with van der Waals surface area (Å²) in [7, 11) is 1.56. The minimum atomic E-state index is -0.303. The second kappa shape index (κ2) is 5.46. The van der Waals surface area contributed by atoms with E-state index in [0.29, 0.717) is 17.7 Å². The number of methoxy groups -OCH3 is 1. The van der Waals surface area contributed by atoms with Gasteiger partial charge in [-0.15, -0.1) is 11.3 Å². The third-order valence-corrected chi connectivity index (χ3v) is 3.82. The van der Waals surface area contributed by atoms with Crippen molar-refractivity contribution >= 4 is 11.3 Å². The molecule has 0 amide bonds. The molecular formula is C13H14FNO2S. The molecule has 2 rings (SSSR count). The zero-order chi connectivity index (χ0) is 13.1. The number of hydrogen-bond donors (Lipinski definition) is 1. The van der Waals surface area contributed by atoms with Crippen LogP contribution < -0.4 is 4.74 Å². The van der Waals surface area contributed by atoms with Crippen molar-refractivity contribution in [1.82, 2.24) is 4.98 Å². The minimum absolute atomic E-state index is 0.0622. The Balaban J connectivity index is 2.50. The Bertz CT molecular complexity index is 554. The predicted molar refractivity (Wildman–Crippen MR) is 69.6 cm³/mol. The normalized spacial score (nSPS) is 10.7. The van der Waals surface area contributed by atoms with Crippen molar-refractivity contribution in [3.8, 4) is 16.2 Å². The molecule has 96 valence electrons. The van der Waals surface area contributed by atoms with Crippen molar-refractivity contribution in [3.05, 3.63) is 34.7 Å². The zero-order valence-corrected chi connectivity index (χ0v) is 11.1. The number of aliphatic hydroxyl groups is 1. The molecule has 2 aromatic rings. The van der Waals surface area contributed by atoms with Gasteiger partial charge in [0.1, 0.15) is 11.6 Å². The summed E-state index contributed by atoms with van der Waals surface area (Å²) in [6, 6.07) is 4.42. The van der Waals surface area contributed by atoms with E-state index in [1.165, 1.54) is 23.5 Å². The number of hydrogen-bond acceptors (Lipinski definition) is 4.